The Hall–Kier alpha value is -3.44. The van der Waals surface area contributed by atoms with Gasteiger partial charge in [-0.3, -0.25) is 4.79 Å². The lowest BCUT2D eigenvalue weighted by molar-refractivity contribution is -0.118. The van der Waals surface area contributed by atoms with E-state index in [-0.39, 0.29) is 48.8 Å². The van der Waals surface area contributed by atoms with Crippen molar-refractivity contribution < 1.29 is 37.3 Å². The fraction of sp³-hybridized carbons (Fsp3) is 0.333. The zero-order valence-corrected chi connectivity index (χ0v) is 24.5. The van der Waals surface area contributed by atoms with Gasteiger partial charge in [0, 0.05) is 24.5 Å². The smallest absolute Gasteiger partial charge is 0.262 e. The lowest BCUT2D eigenvalue weighted by atomic mass is 9.95. The summed E-state index contributed by atoms with van der Waals surface area (Å²) in [4.78, 5) is 24.3. The van der Waals surface area contributed by atoms with E-state index < -0.39 is 15.7 Å². The summed E-state index contributed by atoms with van der Waals surface area (Å²) in [6, 6.07) is 18.2. The van der Waals surface area contributed by atoms with Crippen LogP contribution in [-0.2, 0) is 30.6 Å². The molecule has 9 nitrogen and oxygen atoms in total. The normalized spacial score (nSPS) is 12.0. The Kier molecular flexibility index (Phi) is 12.2. The molecule has 1 amide bonds. The van der Waals surface area contributed by atoms with E-state index >= 15 is 0 Å². The molecule has 2 N–H and O–H groups in total. The molecule has 0 radical (unpaired) electrons. The highest BCUT2D eigenvalue weighted by Crippen LogP contribution is 2.27. The maximum Gasteiger partial charge on any atom is 0.262 e. The van der Waals surface area contributed by atoms with Gasteiger partial charge in [-0.25, -0.2) is 8.42 Å². The third-order valence-corrected chi connectivity index (χ3v) is 8.25. The predicted octanol–water partition coefficient (Wildman–Crippen LogP) is 4.80. The van der Waals surface area contributed by atoms with Gasteiger partial charge in [0.05, 0.1) is 22.9 Å². The first-order valence-corrected chi connectivity index (χ1v) is 15.0. The van der Waals surface area contributed by atoms with Gasteiger partial charge in [-0.05, 0) is 79.4 Å². The van der Waals surface area contributed by atoms with Crippen LogP contribution in [-0.4, -0.2) is 58.1 Å². The molecule has 0 saturated heterocycles. The number of nitrogens with one attached hydrogen (secondary N) is 1. The number of halogens is 1. The minimum atomic E-state index is -3.46. The Balaban J connectivity index is 1.60. The molecular formula is C30H34ClNO8S. The van der Waals surface area contributed by atoms with Gasteiger partial charge in [-0.15, -0.1) is 0 Å². The second kappa shape index (κ2) is 15.5. The van der Waals surface area contributed by atoms with Crippen molar-refractivity contribution >= 4 is 38.8 Å². The van der Waals surface area contributed by atoms with Crippen molar-refractivity contribution in [3.63, 3.8) is 0 Å². The topological polar surface area (TPSA) is 128 Å². The number of aliphatic hydroxyl groups is 1. The van der Waals surface area contributed by atoms with Crippen molar-refractivity contribution in [3.05, 3.63) is 82.9 Å². The number of ether oxygens (including phenoxy) is 3. The zero-order chi connectivity index (χ0) is 29.8. The van der Waals surface area contributed by atoms with E-state index in [2.05, 4.69) is 5.32 Å². The van der Waals surface area contributed by atoms with Gasteiger partial charge in [0.25, 0.3) is 5.91 Å². The summed E-state index contributed by atoms with van der Waals surface area (Å²) in [5, 5.41) is 12.8. The third-order valence-electron chi connectivity index (χ3n) is 6.18. The van der Waals surface area contributed by atoms with Crippen molar-refractivity contribution in [2.24, 2.45) is 0 Å². The van der Waals surface area contributed by atoms with E-state index in [9.17, 15) is 23.1 Å². The number of amides is 1. The van der Waals surface area contributed by atoms with Crippen LogP contribution in [0.5, 0.6) is 11.5 Å². The maximum absolute atomic E-state index is 12.7. The second-order valence-electron chi connectivity index (χ2n) is 9.45. The number of benzene rings is 3. The summed E-state index contributed by atoms with van der Waals surface area (Å²) in [7, 11) is -1.98. The Bertz CT molecular complexity index is 1410. The molecule has 0 bridgehead atoms. The van der Waals surface area contributed by atoms with Crippen LogP contribution in [0.4, 0.5) is 5.69 Å². The minimum absolute atomic E-state index is 0.0121. The summed E-state index contributed by atoms with van der Waals surface area (Å²) < 4.78 is 41.5. The molecule has 41 heavy (non-hydrogen) atoms. The highest BCUT2D eigenvalue weighted by Gasteiger charge is 2.16. The number of ketones is 1. The minimum Gasteiger partial charge on any atom is -0.484 e. The summed E-state index contributed by atoms with van der Waals surface area (Å²) in [5.74, 6) is 0.0712. The molecule has 0 aliphatic heterocycles. The fourth-order valence-electron chi connectivity index (χ4n) is 4.11. The first-order valence-electron chi connectivity index (χ1n) is 13.0. The largest absolute Gasteiger partial charge is 0.484 e. The molecule has 0 aliphatic rings. The highest BCUT2D eigenvalue weighted by atomic mass is 35.5. The molecule has 11 heteroatoms. The number of sulfone groups is 1. The van der Waals surface area contributed by atoms with Crippen LogP contribution < -0.4 is 14.8 Å². The van der Waals surface area contributed by atoms with Crippen molar-refractivity contribution in [3.8, 4) is 11.5 Å². The number of aliphatic hydroxyl groups excluding tert-OH is 1. The van der Waals surface area contributed by atoms with E-state index in [1.807, 2.05) is 0 Å². The van der Waals surface area contributed by atoms with Gasteiger partial charge >= 0.3 is 0 Å². The van der Waals surface area contributed by atoms with Crippen LogP contribution >= 0.6 is 11.6 Å². The van der Waals surface area contributed by atoms with Crippen molar-refractivity contribution in [1.82, 2.24) is 0 Å². The molecule has 220 valence electrons. The van der Waals surface area contributed by atoms with Crippen LogP contribution in [0.25, 0.3) is 0 Å². The molecular weight excluding hydrogens is 570 g/mol. The van der Waals surface area contributed by atoms with Gasteiger partial charge in [-0.1, -0.05) is 29.8 Å². The molecule has 3 rings (SSSR count). The Morgan fingerprint density at radius 1 is 1.00 bits per heavy atom. The number of aryl methyl sites for hydroxylation is 1. The quantitative estimate of drug-likeness (QED) is 0.223. The van der Waals surface area contributed by atoms with E-state index in [0.717, 1.165) is 11.1 Å². The van der Waals surface area contributed by atoms with Crippen molar-refractivity contribution in [1.29, 1.82) is 0 Å². The number of hydrogen-bond donors (Lipinski definition) is 2. The van der Waals surface area contributed by atoms with Crippen molar-refractivity contribution in [2.45, 2.75) is 37.0 Å². The van der Waals surface area contributed by atoms with Crippen molar-refractivity contribution in [2.75, 3.05) is 38.2 Å². The summed E-state index contributed by atoms with van der Waals surface area (Å²) in [5.41, 5.74) is 2.02. The van der Waals surface area contributed by atoms with E-state index in [4.69, 9.17) is 25.8 Å². The van der Waals surface area contributed by atoms with Crippen LogP contribution in [0.1, 0.15) is 36.8 Å². The molecule has 0 aromatic heterocycles. The molecule has 0 saturated carbocycles. The number of carbonyl (C=O) groups is 2. The Morgan fingerprint density at radius 2 is 1.71 bits per heavy atom. The van der Waals surface area contributed by atoms with Crippen LogP contribution in [0, 0.1) is 0 Å². The molecule has 0 heterocycles. The monoisotopic (exact) mass is 603 g/mol. The van der Waals surface area contributed by atoms with Gasteiger partial charge in [-0.2, -0.15) is 0 Å². The van der Waals surface area contributed by atoms with Gasteiger partial charge < -0.3 is 29.4 Å². The summed E-state index contributed by atoms with van der Waals surface area (Å²) in [6.07, 6.45) is 1.07. The Labute approximate surface area is 245 Å². The maximum atomic E-state index is 12.7. The predicted molar refractivity (Wildman–Crippen MR) is 156 cm³/mol. The third kappa shape index (κ3) is 10.2. The number of anilines is 1. The molecule has 3 aromatic carbocycles. The molecule has 3 aromatic rings. The number of Topliss-reactive ketones (excluding diaryl/α,β-unsaturated/α-hetero) is 1. The molecule has 0 aliphatic carbocycles. The standard InChI is InChI=1S/C30H34ClNO8S/c1-21(34)16-24(18-33)23-6-10-26(11-7-23)39-19-30(35)32-28-17-22(5-14-29(28)40-20-38-2)4-3-15-41(36,37)27-12-8-25(31)9-13-27/h5-14,17,24,33H,3-4,15-16,18-20H2,1-2H3,(H,32,35). The first kappa shape index (κ1) is 32.1. The second-order valence-corrected chi connectivity index (χ2v) is 12.0. The fourth-order valence-corrected chi connectivity index (χ4v) is 5.55. The number of rotatable bonds is 16. The van der Waals surface area contributed by atoms with E-state index in [1.54, 1.807) is 54.6 Å². The number of carbonyl (C=O) groups excluding carboxylic acids is 2. The highest BCUT2D eigenvalue weighted by molar-refractivity contribution is 7.91. The van der Waals surface area contributed by atoms with Gasteiger partial charge in [0.15, 0.2) is 23.2 Å². The zero-order valence-electron chi connectivity index (χ0n) is 23.0. The lowest BCUT2D eigenvalue weighted by Crippen LogP contribution is -2.21. The van der Waals surface area contributed by atoms with Gasteiger partial charge in [0.1, 0.15) is 17.3 Å². The molecule has 1 unspecified atom stereocenters. The number of methoxy groups -OCH3 is 1. The average molecular weight is 604 g/mol. The van der Waals surface area contributed by atoms with Crippen LogP contribution in [0.2, 0.25) is 5.02 Å². The lowest BCUT2D eigenvalue weighted by Gasteiger charge is -2.15. The summed E-state index contributed by atoms with van der Waals surface area (Å²) in [6.45, 7) is 1.03. The molecule has 1 atom stereocenters. The molecule has 0 spiro atoms. The van der Waals surface area contributed by atoms with E-state index in [1.165, 1.54) is 26.2 Å². The van der Waals surface area contributed by atoms with Gasteiger partial charge in [0.2, 0.25) is 0 Å². The van der Waals surface area contributed by atoms with Crippen LogP contribution in [0.15, 0.2) is 71.6 Å². The van der Waals surface area contributed by atoms with Crippen LogP contribution in [0.3, 0.4) is 0 Å². The number of hydrogen-bond acceptors (Lipinski definition) is 8. The molecule has 0 fully saturated rings. The van der Waals surface area contributed by atoms with E-state index in [0.29, 0.717) is 35.1 Å². The SMILES string of the molecule is COCOc1ccc(CCCS(=O)(=O)c2ccc(Cl)cc2)cc1NC(=O)COc1ccc(C(CO)CC(C)=O)cc1. The average Bonchev–Trinajstić information content (AvgIpc) is 2.95. The summed E-state index contributed by atoms with van der Waals surface area (Å²) >= 11 is 5.86. The Morgan fingerprint density at radius 3 is 2.34 bits per heavy atom. The first-order chi connectivity index (χ1) is 19.6.